The summed E-state index contributed by atoms with van der Waals surface area (Å²) < 4.78 is 10.3. The normalized spacial score (nSPS) is 19.6. The Morgan fingerprint density at radius 1 is 1.62 bits per heavy atom. The van der Waals surface area contributed by atoms with Crippen LogP contribution in [0.3, 0.4) is 0 Å². The van der Waals surface area contributed by atoms with E-state index in [-0.39, 0.29) is 0 Å². The molecule has 1 aromatic heterocycles. The van der Waals surface area contributed by atoms with Crippen molar-refractivity contribution >= 4 is 0 Å². The van der Waals surface area contributed by atoms with Crippen molar-refractivity contribution in [2.24, 2.45) is 5.92 Å². The van der Waals surface area contributed by atoms with Gasteiger partial charge in [0.1, 0.15) is 11.9 Å². The van der Waals surface area contributed by atoms with E-state index in [0.29, 0.717) is 30.9 Å². The van der Waals surface area contributed by atoms with E-state index >= 15 is 0 Å². The predicted octanol–water partition coefficient (Wildman–Crippen LogP) is 1.33. The number of furan rings is 1. The molecule has 1 heterocycles. The molecule has 16 heavy (non-hydrogen) atoms. The molecule has 2 N–H and O–H groups in total. The molecule has 2 unspecified atom stereocenters. The molecule has 0 radical (unpaired) electrons. The van der Waals surface area contributed by atoms with Crippen molar-refractivity contribution in [1.29, 1.82) is 0 Å². The topological polar surface area (TPSA) is 54.6 Å². The zero-order valence-electron chi connectivity index (χ0n) is 9.56. The van der Waals surface area contributed by atoms with Crippen molar-refractivity contribution in [1.82, 2.24) is 5.32 Å². The summed E-state index contributed by atoms with van der Waals surface area (Å²) in [6.07, 6.45) is 3.52. The zero-order chi connectivity index (χ0) is 11.4. The smallest absolute Gasteiger partial charge is 0.133 e. The molecule has 1 fully saturated rings. The molecule has 4 nitrogen and oxygen atoms in total. The maximum atomic E-state index is 9.83. The standard InChI is InChI=1S/C12H19NO3/c1-15-8-10(9-4-5-9)13-7-11(14)12-3-2-6-16-12/h2-3,6,9-11,13-14H,4-5,7-8H2,1H3. The van der Waals surface area contributed by atoms with E-state index in [4.69, 9.17) is 9.15 Å². The fraction of sp³-hybridized carbons (Fsp3) is 0.667. The minimum Gasteiger partial charge on any atom is -0.467 e. The first-order valence-corrected chi connectivity index (χ1v) is 5.75. The van der Waals surface area contributed by atoms with E-state index in [1.165, 1.54) is 12.8 Å². The second kappa shape index (κ2) is 5.48. The number of methoxy groups -OCH3 is 1. The molecule has 90 valence electrons. The van der Waals surface area contributed by atoms with Crippen LogP contribution in [0, 0.1) is 5.92 Å². The van der Waals surface area contributed by atoms with Gasteiger partial charge in [-0.25, -0.2) is 0 Å². The summed E-state index contributed by atoms with van der Waals surface area (Å²) in [5.41, 5.74) is 0. The molecule has 1 saturated carbocycles. The highest BCUT2D eigenvalue weighted by Crippen LogP contribution is 2.32. The molecule has 1 aliphatic rings. The first kappa shape index (κ1) is 11.6. The predicted molar refractivity (Wildman–Crippen MR) is 60.1 cm³/mol. The lowest BCUT2D eigenvalue weighted by Crippen LogP contribution is -2.37. The van der Waals surface area contributed by atoms with E-state index in [9.17, 15) is 5.11 Å². The minimum absolute atomic E-state index is 0.356. The van der Waals surface area contributed by atoms with E-state index < -0.39 is 6.10 Å². The number of hydrogen-bond acceptors (Lipinski definition) is 4. The van der Waals surface area contributed by atoms with Crippen LogP contribution in [-0.4, -0.2) is 31.4 Å². The molecule has 0 amide bonds. The lowest BCUT2D eigenvalue weighted by Gasteiger charge is -2.18. The van der Waals surface area contributed by atoms with Gasteiger partial charge in [-0.3, -0.25) is 0 Å². The second-order valence-corrected chi connectivity index (χ2v) is 4.34. The van der Waals surface area contributed by atoms with Crippen LogP contribution in [0.1, 0.15) is 24.7 Å². The van der Waals surface area contributed by atoms with Crippen LogP contribution in [0.5, 0.6) is 0 Å². The van der Waals surface area contributed by atoms with Crippen LogP contribution >= 0.6 is 0 Å². The van der Waals surface area contributed by atoms with E-state index in [1.54, 1.807) is 25.5 Å². The third-order valence-electron chi connectivity index (χ3n) is 2.98. The first-order chi connectivity index (χ1) is 7.81. The summed E-state index contributed by atoms with van der Waals surface area (Å²) in [5, 5.41) is 13.2. The van der Waals surface area contributed by atoms with Gasteiger partial charge in [0.05, 0.1) is 12.9 Å². The molecule has 2 atom stereocenters. The summed E-state index contributed by atoms with van der Waals surface area (Å²) >= 11 is 0. The number of rotatable bonds is 7. The number of ether oxygens (including phenoxy) is 1. The molecule has 0 aromatic carbocycles. The third-order valence-corrected chi connectivity index (χ3v) is 2.98. The Bertz CT molecular complexity index is 295. The number of aliphatic hydroxyl groups is 1. The molecule has 4 heteroatoms. The van der Waals surface area contributed by atoms with Gasteiger partial charge in [0.15, 0.2) is 0 Å². The summed E-state index contributed by atoms with van der Waals surface area (Å²) in [6, 6.07) is 3.93. The summed E-state index contributed by atoms with van der Waals surface area (Å²) in [7, 11) is 1.71. The van der Waals surface area contributed by atoms with Gasteiger partial charge in [0, 0.05) is 19.7 Å². The van der Waals surface area contributed by atoms with E-state index in [0.717, 1.165) is 0 Å². The lowest BCUT2D eigenvalue weighted by atomic mass is 10.2. The van der Waals surface area contributed by atoms with Gasteiger partial charge in [0.2, 0.25) is 0 Å². The summed E-state index contributed by atoms with van der Waals surface area (Å²) in [5.74, 6) is 1.32. The third kappa shape index (κ3) is 3.07. The highest BCUT2D eigenvalue weighted by atomic mass is 16.5. The average Bonchev–Trinajstić information content (AvgIpc) is 2.98. The quantitative estimate of drug-likeness (QED) is 0.735. The molecule has 0 bridgehead atoms. The molecule has 2 rings (SSSR count). The largest absolute Gasteiger partial charge is 0.467 e. The number of hydrogen-bond donors (Lipinski definition) is 2. The highest BCUT2D eigenvalue weighted by Gasteiger charge is 2.31. The van der Waals surface area contributed by atoms with Crippen molar-refractivity contribution in [2.75, 3.05) is 20.3 Å². The lowest BCUT2D eigenvalue weighted by molar-refractivity contribution is 0.120. The van der Waals surface area contributed by atoms with Crippen LogP contribution in [0.15, 0.2) is 22.8 Å². The fourth-order valence-corrected chi connectivity index (χ4v) is 1.88. The van der Waals surface area contributed by atoms with Crippen LogP contribution in [0.2, 0.25) is 0 Å². The van der Waals surface area contributed by atoms with E-state index in [2.05, 4.69) is 5.32 Å². The molecule has 0 aliphatic heterocycles. The Hall–Kier alpha value is -0.840. The number of nitrogens with one attached hydrogen (secondary N) is 1. The Morgan fingerprint density at radius 3 is 3.00 bits per heavy atom. The maximum Gasteiger partial charge on any atom is 0.133 e. The Labute approximate surface area is 95.6 Å². The summed E-state index contributed by atoms with van der Waals surface area (Å²) in [6.45, 7) is 1.22. The molecule has 0 saturated heterocycles. The van der Waals surface area contributed by atoms with Gasteiger partial charge in [-0.1, -0.05) is 0 Å². The maximum absolute atomic E-state index is 9.83. The van der Waals surface area contributed by atoms with Crippen LogP contribution in [0.25, 0.3) is 0 Å². The summed E-state index contributed by atoms with van der Waals surface area (Å²) in [4.78, 5) is 0. The van der Waals surface area contributed by atoms with E-state index in [1.807, 2.05) is 0 Å². The van der Waals surface area contributed by atoms with Gasteiger partial charge in [-0.15, -0.1) is 0 Å². The highest BCUT2D eigenvalue weighted by molar-refractivity contribution is 5.02. The molecule has 1 aromatic rings. The van der Waals surface area contributed by atoms with Gasteiger partial charge < -0.3 is 19.6 Å². The first-order valence-electron chi connectivity index (χ1n) is 5.75. The van der Waals surface area contributed by atoms with Gasteiger partial charge in [0.25, 0.3) is 0 Å². The SMILES string of the molecule is COCC(NCC(O)c1ccco1)C1CC1. The van der Waals surface area contributed by atoms with Gasteiger partial charge >= 0.3 is 0 Å². The second-order valence-electron chi connectivity index (χ2n) is 4.34. The Morgan fingerprint density at radius 2 is 2.44 bits per heavy atom. The van der Waals surface area contributed by atoms with Gasteiger partial charge in [-0.2, -0.15) is 0 Å². The Kier molecular flexibility index (Phi) is 3.98. The van der Waals surface area contributed by atoms with Crippen LogP contribution in [0.4, 0.5) is 0 Å². The fourth-order valence-electron chi connectivity index (χ4n) is 1.88. The van der Waals surface area contributed by atoms with Crippen LogP contribution < -0.4 is 5.32 Å². The Balaban J connectivity index is 1.76. The molecule has 1 aliphatic carbocycles. The van der Waals surface area contributed by atoms with Crippen molar-refractivity contribution in [3.8, 4) is 0 Å². The van der Waals surface area contributed by atoms with Crippen molar-refractivity contribution in [2.45, 2.75) is 25.0 Å². The zero-order valence-corrected chi connectivity index (χ0v) is 9.56. The monoisotopic (exact) mass is 225 g/mol. The average molecular weight is 225 g/mol. The molecular weight excluding hydrogens is 206 g/mol. The van der Waals surface area contributed by atoms with Crippen molar-refractivity contribution < 1.29 is 14.3 Å². The van der Waals surface area contributed by atoms with Gasteiger partial charge in [-0.05, 0) is 30.9 Å². The minimum atomic E-state index is -0.576. The molecular formula is C12H19NO3. The van der Waals surface area contributed by atoms with Crippen molar-refractivity contribution in [3.05, 3.63) is 24.2 Å². The number of aliphatic hydroxyl groups excluding tert-OH is 1. The molecule has 0 spiro atoms. The van der Waals surface area contributed by atoms with Crippen molar-refractivity contribution in [3.63, 3.8) is 0 Å². The van der Waals surface area contributed by atoms with Crippen LogP contribution in [-0.2, 0) is 4.74 Å².